The molecule has 2 N–H and O–H groups in total. The highest BCUT2D eigenvalue weighted by Gasteiger charge is 2.27. The standard InChI is InChI=1S/C12H26N2O2/c1-11-9-14(6-4-8-16)12(2)10-13(11)5-3-7-15/h11-12,15-16H,3-10H2,1-2H3/t11-,12+. The molecule has 96 valence electrons. The zero-order valence-electron chi connectivity index (χ0n) is 10.6. The first kappa shape index (κ1) is 13.9. The maximum atomic E-state index is 8.85. The lowest BCUT2D eigenvalue weighted by Crippen LogP contribution is -2.56. The fourth-order valence-electron chi connectivity index (χ4n) is 2.44. The lowest BCUT2D eigenvalue weighted by Gasteiger charge is -2.44. The van der Waals surface area contributed by atoms with Crippen LogP contribution in [0.5, 0.6) is 0 Å². The van der Waals surface area contributed by atoms with Gasteiger partial charge in [0.25, 0.3) is 0 Å². The fraction of sp³-hybridized carbons (Fsp3) is 1.00. The van der Waals surface area contributed by atoms with E-state index in [1.807, 2.05) is 0 Å². The van der Waals surface area contributed by atoms with Gasteiger partial charge in [0.05, 0.1) is 0 Å². The number of hydrogen-bond acceptors (Lipinski definition) is 4. The fourth-order valence-corrected chi connectivity index (χ4v) is 2.44. The molecule has 4 heteroatoms. The molecule has 4 nitrogen and oxygen atoms in total. The van der Waals surface area contributed by atoms with Gasteiger partial charge in [0.1, 0.15) is 0 Å². The van der Waals surface area contributed by atoms with Gasteiger partial charge in [-0.2, -0.15) is 0 Å². The highest BCUT2D eigenvalue weighted by atomic mass is 16.3. The monoisotopic (exact) mass is 230 g/mol. The van der Waals surface area contributed by atoms with E-state index >= 15 is 0 Å². The predicted octanol–water partition coefficient (Wildman–Crippen LogP) is 0.146. The summed E-state index contributed by atoms with van der Waals surface area (Å²) >= 11 is 0. The van der Waals surface area contributed by atoms with Crippen LogP contribution in [0.1, 0.15) is 26.7 Å². The first-order valence-corrected chi connectivity index (χ1v) is 6.38. The molecule has 0 aromatic heterocycles. The molecule has 0 amide bonds. The Kier molecular flexibility index (Phi) is 6.28. The molecule has 0 aromatic carbocycles. The Bertz CT molecular complexity index is 170. The third kappa shape index (κ3) is 4.01. The van der Waals surface area contributed by atoms with Crippen LogP contribution < -0.4 is 0 Å². The average Bonchev–Trinajstić information content (AvgIpc) is 2.28. The van der Waals surface area contributed by atoms with Gasteiger partial charge >= 0.3 is 0 Å². The maximum absolute atomic E-state index is 8.85. The van der Waals surface area contributed by atoms with Crippen molar-refractivity contribution in [1.29, 1.82) is 0 Å². The first-order chi connectivity index (χ1) is 7.69. The molecule has 1 fully saturated rings. The molecule has 0 saturated carbocycles. The highest BCUT2D eigenvalue weighted by molar-refractivity contribution is 4.84. The van der Waals surface area contributed by atoms with Gasteiger partial charge < -0.3 is 10.2 Å². The summed E-state index contributed by atoms with van der Waals surface area (Å²) in [5.74, 6) is 0. The SMILES string of the molecule is C[C@@H]1CN(CCCO)[C@@H](C)CN1CCCO. The molecular weight excluding hydrogens is 204 g/mol. The summed E-state index contributed by atoms with van der Waals surface area (Å²) in [4.78, 5) is 4.91. The van der Waals surface area contributed by atoms with E-state index < -0.39 is 0 Å². The Morgan fingerprint density at radius 1 is 0.875 bits per heavy atom. The van der Waals surface area contributed by atoms with Crippen molar-refractivity contribution in [3.8, 4) is 0 Å². The summed E-state index contributed by atoms with van der Waals surface area (Å²) in [7, 11) is 0. The summed E-state index contributed by atoms with van der Waals surface area (Å²) in [6.07, 6.45) is 1.74. The smallest absolute Gasteiger partial charge is 0.0443 e. The van der Waals surface area contributed by atoms with Crippen LogP contribution in [-0.4, -0.2) is 71.5 Å². The molecule has 1 heterocycles. The van der Waals surface area contributed by atoms with Crippen molar-refractivity contribution >= 4 is 0 Å². The van der Waals surface area contributed by atoms with Crippen LogP contribution in [0.15, 0.2) is 0 Å². The van der Waals surface area contributed by atoms with Gasteiger partial charge in [0, 0.05) is 51.5 Å². The Hall–Kier alpha value is -0.160. The zero-order chi connectivity index (χ0) is 12.0. The third-order valence-corrected chi connectivity index (χ3v) is 3.45. The van der Waals surface area contributed by atoms with Crippen molar-refractivity contribution in [2.45, 2.75) is 38.8 Å². The highest BCUT2D eigenvalue weighted by Crippen LogP contribution is 2.15. The van der Waals surface area contributed by atoms with Crippen molar-refractivity contribution in [3.05, 3.63) is 0 Å². The van der Waals surface area contributed by atoms with Crippen LogP contribution in [0, 0.1) is 0 Å². The molecule has 0 radical (unpaired) electrons. The van der Waals surface area contributed by atoms with E-state index in [4.69, 9.17) is 10.2 Å². The topological polar surface area (TPSA) is 46.9 Å². The molecule has 0 aliphatic carbocycles. The second kappa shape index (κ2) is 7.22. The normalized spacial score (nSPS) is 28.5. The zero-order valence-corrected chi connectivity index (χ0v) is 10.6. The van der Waals surface area contributed by atoms with Gasteiger partial charge in [-0.25, -0.2) is 0 Å². The third-order valence-electron chi connectivity index (χ3n) is 3.45. The summed E-state index contributed by atoms with van der Waals surface area (Å²) in [6, 6.07) is 1.11. The first-order valence-electron chi connectivity index (χ1n) is 6.38. The van der Waals surface area contributed by atoms with Crippen LogP contribution in [0.25, 0.3) is 0 Å². The van der Waals surface area contributed by atoms with Crippen LogP contribution in [0.3, 0.4) is 0 Å². The minimum absolute atomic E-state index is 0.284. The second-order valence-corrected chi connectivity index (χ2v) is 4.84. The van der Waals surface area contributed by atoms with Gasteiger partial charge in [0.2, 0.25) is 0 Å². The molecule has 1 aliphatic rings. The van der Waals surface area contributed by atoms with E-state index in [-0.39, 0.29) is 13.2 Å². The Balaban J connectivity index is 2.36. The van der Waals surface area contributed by atoms with Crippen molar-refractivity contribution in [2.75, 3.05) is 39.4 Å². The quantitative estimate of drug-likeness (QED) is 0.682. The van der Waals surface area contributed by atoms with Crippen LogP contribution in [-0.2, 0) is 0 Å². The van der Waals surface area contributed by atoms with Crippen LogP contribution in [0.4, 0.5) is 0 Å². The summed E-state index contributed by atoms with van der Waals surface area (Å²) in [5, 5.41) is 17.7. The number of hydrogen-bond donors (Lipinski definition) is 2. The van der Waals surface area contributed by atoms with E-state index in [0.717, 1.165) is 39.0 Å². The lowest BCUT2D eigenvalue weighted by atomic mass is 10.1. The number of rotatable bonds is 6. The van der Waals surface area contributed by atoms with Crippen molar-refractivity contribution in [3.63, 3.8) is 0 Å². The predicted molar refractivity (Wildman–Crippen MR) is 65.5 cm³/mol. The van der Waals surface area contributed by atoms with Gasteiger partial charge in [-0.1, -0.05) is 0 Å². The van der Waals surface area contributed by atoms with Crippen molar-refractivity contribution in [2.24, 2.45) is 0 Å². The largest absolute Gasteiger partial charge is 0.396 e. The number of piperazine rings is 1. The molecule has 0 aromatic rings. The minimum Gasteiger partial charge on any atom is -0.396 e. The van der Waals surface area contributed by atoms with Crippen molar-refractivity contribution < 1.29 is 10.2 Å². The Labute approximate surface area is 98.9 Å². The average molecular weight is 230 g/mol. The van der Waals surface area contributed by atoms with Gasteiger partial charge in [-0.15, -0.1) is 0 Å². The van der Waals surface area contributed by atoms with E-state index in [1.165, 1.54) is 0 Å². The molecule has 1 aliphatic heterocycles. The molecule has 0 bridgehead atoms. The molecule has 1 rings (SSSR count). The molecular formula is C12H26N2O2. The molecule has 0 spiro atoms. The number of aliphatic hydroxyl groups excluding tert-OH is 2. The summed E-state index contributed by atoms with van der Waals surface area (Å²) < 4.78 is 0. The Morgan fingerprint density at radius 2 is 1.25 bits per heavy atom. The summed E-state index contributed by atoms with van der Waals surface area (Å²) in [6.45, 7) is 9.20. The maximum Gasteiger partial charge on any atom is 0.0443 e. The van der Waals surface area contributed by atoms with Gasteiger partial charge in [-0.3, -0.25) is 9.80 Å². The Morgan fingerprint density at radius 3 is 1.56 bits per heavy atom. The van der Waals surface area contributed by atoms with E-state index in [9.17, 15) is 0 Å². The summed E-state index contributed by atoms with van der Waals surface area (Å²) in [5.41, 5.74) is 0. The van der Waals surface area contributed by atoms with Gasteiger partial charge in [-0.05, 0) is 26.7 Å². The second-order valence-electron chi connectivity index (χ2n) is 4.84. The molecule has 16 heavy (non-hydrogen) atoms. The number of nitrogens with zero attached hydrogens (tertiary/aromatic N) is 2. The van der Waals surface area contributed by atoms with Crippen LogP contribution in [0.2, 0.25) is 0 Å². The van der Waals surface area contributed by atoms with Crippen molar-refractivity contribution in [1.82, 2.24) is 9.80 Å². The molecule has 2 atom stereocenters. The molecule has 0 unspecified atom stereocenters. The van der Waals surface area contributed by atoms with Gasteiger partial charge in [0.15, 0.2) is 0 Å². The lowest BCUT2D eigenvalue weighted by molar-refractivity contribution is 0.0359. The van der Waals surface area contributed by atoms with Crippen LogP contribution >= 0.6 is 0 Å². The van der Waals surface area contributed by atoms with E-state index in [1.54, 1.807) is 0 Å². The minimum atomic E-state index is 0.284. The number of aliphatic hydroxyl groups is 2. The molecule has 1 saturated heterocycles. The van der Waals surface area contributed by atoms with E-state index in [2.05, 4.69) is 23.6 Å². The van der Waals surface area contributed by atoms with E-state index in [0.29, 0.717) is 12.1 Å².